The second-order valence-electron chi connectivity index (χ2n) is 6.24. The zero-order valence-corrected chi connectivity index (χ0v) is 15.6. The summed E-state index contributed by atoms with van der Waals surface area (Å²) in [5, 5.41) is 0. The zero-order valence-electron chi connectivity index (χ0n) is 14.8. The summed E-state index contributed by atoms with van der Waals surface area (Å²) in [6, 6.07) is 6.36. The van der Waals surface area contributed by atoms with Crippen LogP contribution in [0, 0.1) is 6.92 Å². The second kappa shape index (κ2) is 7.97. The quantitative estimate of drug-likeness (QED) is 0.704. The average molecular weight is 368 g/mol. The molecule has 7 nitrogen and oxygen atoms in total. The molecule has 0 unspecified atom stereocenters. The lowest BCUT2D eigenvalue weighted by molar-refractivity contribution is -0.158. The summed E-state index contributed by atoms with van der Waals surface area (Å²) in [5.74, 6) is -0.992. The minimum absolute atomic E-state index is 0.106. The zero-order chi connectivity index (χ0) is 18.6. The molecule has 0 spiro atoms. The van der Waals surface area contributed by atoms with Gasteiger partial charge in [-0.05, 0) is 38.8 Å². The number of carbonyl (C=O) groups is 2. The lowest BCUT2D eigenvalue weighted by Crippen LogP contribution is -2.40. The van der Waals surface area contributed by atoms with Gasteiger partial charge in [-0.1, -0.05) is 17.7 Å². The summed E-state index contributed by atoms with van der Waals surface area (Å²) in [7, 11) is -2.48. The summed E-state index contributed by atoms with van der Waals surface area (Å²) < 4.78 is 30.9. The number of likely N-dealkylation sites (tertiary alicyclic amines) is 1. The van der Waals surface area contributed by atoms with Crippen LogP contribution in [0.15, 0.2) is 29.2 Å². The summed E-state index contributed by atoms with van der Waals surface area (Å²) >= 11 is 0. The lowest BCUT2D eigenvalue weighted by atomic mass is 10.2. The summed E-state index contributed by atoms with van der Waals surface area (Å²) in [5.41, 5.74) is 0.940. The Hall–Kier alpha value is -1.93. The lowest BCUT2D eigenvalue weighted by Gasteiger charge is -2.22. The first kappa shape index (κ1) is 19.4. The van der Waals surface area contributed by atoms with Gasteiger partial charge in [-0.2, -0.15) is 4.31 Å². The number of rotatable bonds is 6. The molecule has 1 saturated heterocycles. The minimum atomic E-state index is -3.79. The van der Waals surface area contributed by atoms with Gasteiger partial charge < -0.3 is 9.64 Å². The normalized spacial score (nSPS) is 16.1. The molecule has 0 aromatic heterocycles. The van der Waals surface area contributed by atoms with Gasteiger partial charge in [0.15, 0.2) is 6.10 Å². The molecule has 0 N–H and O–H groups in total. The Kier molecular flexibility index (Phi) is 6.18. The molecule has 138 valence electrons. The Balaban J connectivity index is 1.94. The number of benzene rings is 1. The molecule has 1 aromatic carbocycles. The van der Waals surface area contributed by atoms with E-state index >= 15 is 0 Å². The van der Waals surface area contributed by atoms with Gasteiger partial charge in [-0.25, -0.2) is 8.42 Å². The largest absolute Gasteiger partial charge is 0.452 e. The van der Waals surface area contributed by atoms with Crippen LogP contribution in [0.5, 0.6) is 0 Å². The Morgan fingerprint density at radius 1 is 1.20 bits per heavy atom. The molecule has 2 rings (SSSR count). The van der Waals surface area contributed by atoms with Crippen LogP contribution in [0.25, 0.3) is 0 Å². The third-order valence-corrected chi connectivity index (χ3v) is 5.97. The molecule has 25 heavy (non-hydrogen) atoms. The summed E-state index contributed by atoms with van der Waals surface area (Å²) in [6.07, 6.45) is 0.981. The van der Waals surface area contributed by atoms with Crippen LogP contribution >= 0.6 is 0 Å². The summed E-state index contributed by atoms with van der Waals surface area (Å²) in [6.45, 7) is 4.25. The van der Waals surface area contributed by atoms with Gasteiger partial charge in [0.1, 0.15) is 6.54 Å². The Morgan fingerprint density at radius 3 is 2.32 bits per heavy atom. The number of hydrogen-bond acceptors (Lipinski definition) is 5. The van der Waals surface area contributed by atoms with Crippen molar-refractivity contribution in [1.82, 2.24) is 9.21 Å². The van der Waals surface area contributed by atoms with Crippen molar-refractivity contribution in [2.24, 2.45) is 0 Å². The van der Waals surface area contributed by atoms with Crippen molar-refractivity contribution in [2.45, 2.75) is 37.7 Å². The fourth-order valence-corrected chi connectivity index (χ4v) is 3.75. The molecule has 1 amide bonds. The Bertz CT molecular complexity index is 724. The fraction of sp³-hybridized carbons (Fsp3) is 0.529. The number of aryl methyl sites for hydroxylation is 1. The maximum Gasteiger partial charge on any atom is 0.322 e. The van der Waals surface area contributed by atoms with Crippen molar-refractivity contribution in [3.63, 3.8) is 0 Å². The van der Waals surface area contributed by atoms with E-state index in [9.17, 15) is 18.0 Å². The number of esters is 1. The smallest absolute Gasteiger partial charge is 0.322 e. The number of hydrogen-bond donors (Lipinski definition) is 0. The highest BCUT2D eigenvalue weighted by molar-refractivity contribution is 7.89. The Morgan fingerprint density at radius 2 is 1.76 bits per heavy atom. The van der Waals surface area contributed by atoms with E-state index in [1.165, 1.54) is 26.1 Å². The van der Waals surface area contributed by atoms with Gasteiger partial charge in [0.2, 0.25) is 10.0 Å². The van der Waals surface area contributed by atoms with Gasteiger partial charge in [0.05, 0.1) is 4.90 Å². The highest BCUT2D eigenvalue weighted by Crippen LogP contribution is 2.15. The maximum absolute atomic E-state index is 12.5. The van der Waals surface area contributed by atoms with Crippen molar-refractivity contribution in [3.05, 3.63) is 29.8 Å². The van der Waals surface area contributed by atoms with Crippen LogP contribution in [-0.4, -0.2) is 62.3 Å². The fourth-order valence-electron chi connectivity index (χ4n) is 2.64. The number of ether oxygens (including phenoxy) is 1. The third-order valence-electron chi connectivity index (χ3n) is 4.15. The van der Waals surface area contributed by atoms with E-state index in [1.54, 1.807) is 17.0 Å². The summed E-state index contributed by atoms with van der Waals surface area (Å²) in [4.78, 5) is 25.9. The van der Waals surface area contributed by atoms with Crippen LogP contribution < -0.4 is 0 Å². The molecule has 1 fully saturated rings. The first-order chi connectivity index (χ1) is 11.7. The number of likely N-dealkylation sites (N-methyl/N-ethyl adjacent to an activating group) is 1. The van der Waals surface area contributed by atoms with Gasteiger partial charge >= 0.3 is 5.97 Å². The molecule has 0 bridgehead atoms. The SMILES string of the molecule is Cc1ccc(S(=O)(=O)N(C)CC(=O)O[C@H](C)C(=O)N2CCCC2)cc1. The molecule has 1 heterocycles. The maximum atomic E-state index is 12.5. The molecule has 1 aliphatic heterocycles. The van der Waals surface area contributed by atoms with Crippen molar-refractivity contribution >= 4 is 21.9 Å². The van der Waals surface area contributed by atoms with E-state index in [4.69, 9.17) is 4.74 Å². The van der Waals surface area contributed by atoms with E-state index in [0.29, 0.717) is 13.1 Å². The van der Waals surface area contributed by atoms with Crippen LogP contribution in [-0.2, 0) is 24.3 Å². The van der Waals surface area contributed by atoms with Crippen molar-refractivity contribution < 1.29 is 22.7 Å². The van der Waals surface area contributed by atoms with Gasteiger partial charge in [0.25, 0.3) is 5.91 Å². The van der Waals surface area contributed by atoms with Crippen LogP contribution in [0.4, 0.5) is 0 Å². The molecule has 1 aliphatic rings. The van der Waals surface area contributed by atoms with Crippen molar-refractivity contribution in [1.29, 1.82) is 0 Å². The van der Waals surface area contributed by atoms with Gasteiger partial charge in [-0.15, -0.1) is 0 Å². The second-order valence-corrected chi connectivity index (χ2v) is 8.28. The molecule has 1 atom stereocenters. The van der Waals surface area contributed by atoms with Crippen LogP contribution in [0.3, 0.4) is 0 Å². The molecule has 0 aliphatic carbocycles. The van der Waals surface area contributed by atoms with E-state index in [1.807, 2.05) is 6.92 Å². The topological polar surface area (TPSA) is 84.0 Å². The van der Waals surface area contributed by atoms with E-state index in [2.05, 4.69) is 0 Å². The van der Waals surface area contributed by atoms with Crippen LogP contribution in [0.1, 0.15) is 25.3 Å². The highest BCUT2D eigenvalue weighted by atomic mass is 32.2. The van der Waals surface area contributed by atoms with E-state index in [0.717, 1.165) is 22.7 Å². The number of carbonyl (C=O) groups excluding carboxylic acids is 2. The van der Waals surface area contributed by atoms with Gasteiger partial charge in [0, 0.05) is 20.1 Å². The molecular weight excluding hydrogens is 344 g/mol. The number of nitrogens with zero attached hydrogens (tertiary/aromatic N) is 2. The molecule has 1 aromatic rings. The van der Waals surface area contributed by atoms with Gasteiger partial charge in [-0.3, -0.25) is 9.59 Å². The average Bonchev–Trinajstić information content (AvgIpc) is 3.08. The monoisotopic (exact) mass is 368 g/mol. The number of sulfonamides is 1. The molecule has 8 heteroatoms. The van der Waals surface area contributed by atoms with E-state index in [-0.39, 0.29) is 10.8 Å². The highest BCUT2D eigenvalue weighted by Gasteiger charge is 2.28. The molecule has 0 saturated carbocycles. The molecule has 0 radical (unpaired) electrons. The Labute approximate surface area is 148 Å². The predicted octanol–water partition coefficient (Wildman–Crippen LogP) is 1.17. The molecular formula is C17H24N2O5S. The first-order valence-electron chi connectivity index (χ1n) is 8.23. The standard InChI is InChI=1S/C17H24N2O5S/c1-13-6-8-15(9-7-13)25(22,23)18(3)12-16(20)24-14(2)17(21)19-10-4-5-11-19/h6-9,14H,4-5,10-12H2,1-3H3/t14-/m1/s1. The predicted molar refractivity (Wildman–Crippen MR) is 92.4 cm³/mol. The van der Waals surface area contributed by atoms with Crippen LogP contribution in [0.2, 0.25) is 0 Å². The van der Waals surface area contributed by atoms with E-state index < -0.39 is 28.6 Å². The third kappa shape index (κ3) is 4.79. The minimum Gasteiger partial charge on any atom is -0.452 e. The van der Waals surface area contributed by atoms with Crippen molar-refractivity contribution in [2.75, 3.05) is 26.7 Å². The van der Waals surface area contributed by atoms with Crippen molar-refractivity contribution in [3.8, 4) is 0 Å². The number of amides is 1. The first-order valence-corrected chi connectivity index (χ1v) is 9.67.